The average molecular weight is 338 g/mol. The van der Waals surface area contributed by atoms with Gasteiger partial charge >= 0.3 is 0 Å². The third-order valence-electron chi connectivity index (χ3n) is 2.76. The molecule has 0 aliphatic rings. The van der Waals surface area contributed by atoms with Gasteiger partial charge in [0.05, 0.1) is 7.11 Å². The Labute approximate surface area is 124 Å². The van der Waals surface area contributed by atoms with Crippen LogP contribution in [0.15, 0.2) is 42.5 Å². The molecule has 0 aromatic heterocycles. The highest BCUT2D eigenvalue weighted by Crippen LogP contribution is 2.23. The first-order valence-corrected chi connectivity index (χ1v) is 7.06. The molecule has 3 nitrogen and oxygen atoms in total. The fourth-order valence-corrected chi connectivity index (χ4v) is 2.17. The number of hydrogen-bond donors (Lipinski definition) is 1. The summed E-state index contributed by atoms with van der Waals surface area (Å²) in [5.41, 5.74) is 1.53. The second-order valence-electron chi connectivity index (χ2n) is 4.11. The van der Waals surface area contributed by atoms with Crippen LogP contribution in [0.1, 0.15) is 15.9 Å². The van der Waals surface area contributed by atoms with E-state index in [1.165, 1.54) is 19.2 Å². The fraction of sp³-hybridized carbons (Fsp3) is 0.133. The van der Waals surface area contributed by atoms with Gasteiger partial charge < -0.3 is 10.1 Å². The van der Waals surface area contributed by atoms with E-state index in [4.69, 9.17) is 4.74 Å². The number of hydrogen-bond acceptors (Lipinski definition) is 2. The highest BCUT2D eigenvalue weighted by Gasteiger charge is 2.17. The number of methoxy groups -OCH3 is 1. The number of nitrogens with one attached hydrogen (secondary N) is 1. The molecular weight excluding hydrogens is 325 g/mol. The Bertz CT molecular complexity index is 631. The van der Waals surface area contributed by atoms with Gasteiger partial charge in [-0.3, -0.25) is 4.79 Å². The lowest BCUT2D eigenvalue weighted by Gasteiger charge is -2.10. The molecule has 0 radical (unpaired) electrons. The van der Waals surface area contributed by atoms with Crippen LogP contribution in [0.4, 0.5) is 10.1 Å². The monoisotopic (exact) mass is 337 g/mol. The van der Waals surface area contributed by atoms with Crippen molar-refractivity contribution in [3.05, 3.63) is 59.4 Å². The van der Waals surface area contributed by atoms with E-state index in [2.05, 4.69) is 21.2 Å². The molecule has 2 aromatic carbocycles. The summed E-state index contributed by atoms with van der Waals surface area (Å²) < 4.78 is 18.8. The van der Waals surface area contributed by atoms with Gasteiger partial charge in [0.25, 0.3) is 5.91 Å². The third-order valence-corrected chi connectivity index (χ3v) is 3.41. The van der Waals surface area contributed by atoms with E-state index in [0.717, 1.165) is 5.56 Å². The Morgan fingerprint density at radius 2 is 2.05 bits per heavy atom. The molecule has 0 atom stereocenters. The molecule has 0 unspecified atom stereocenters. The molecule has 0 fully saturated rings. The zero-order valence-electron chi connectivity index (χ0n) is 10.8. The van der Waals surface area contributed by atoms with Crippen LogP contribution < -0.4 is 10.1 Å². The molecule has 0 spiro atoms. The predicted molar refractivity (Wildman–Crippen MR) is 80.0 cm³/mol. The Kier molecular flexibility index (Phi) is 4.74. The molecule has 2 aromatic rings. The lowest BCUT2D eigenvalue weighted by molar-refractivity contribution is 0.102. The second kappa shape index (κ2) is 6.52. The van der Waals surface area contributed by atoms with Crippen LogP contribution >= 0.6 is 15.9 Å². The molecule has 104 valence electrons. The molecule has 1 N–H and O–H groups in total. The third kappa shape index (κ3) is 3.17. The van der Waals surface area contributed by atoms with Crippen LogP contribution in [0.5, 0.6) is 5.75 Å². The minimum absolute atomic E-state index is 0.0979. The van der Waals surface area contributed by atoms with Crippen LogP contribution in [-0.4, -0.2) is 13.0 Å². The summed E-state index contributed by atoms with van der Waals surface area (Å²) in [6, 6.07) is 11.6. The normalized spacial score (nSPS) is 10.2. The molecule has 2 rings (SSSR count). The van der Waals surface area contributed by atoms with Gasteiger partial charge in [-0.1, -0.05) is 34.1 Å². The number of ether oxygens (including phenoxy) is 1. The first-order chi connectivity index (χ1) is 9.65. The van der Waals surface area contributed by atoms with Crippen molar-refractivity contribution < 1.29 is 13.9 Å². The van der Waals surface area contributed by atoms with Crippen LogP contribution in [-0.2, 0) is 5.33 Å². The number of anilines is 1. The summed E-state index contributed by atoms with van der Waals surface area (Å²) in [5.74, 6) is -0.940. The van der Waals surface area contributed by atoms with Gasteiger partial charge in [-0.15, -0.1) is 0 Å². The maximum Gasteiger partial charge on any atom is 0.262 e. The van der Waals surface area contributed by atoms with E-state index in [1.807, 2.05) is 18.2 Å². The summed E-state index contributed by atoms with van der Waals surface area (Å²) in [5, 5.41) is 3.35. The fourth-order valence-electron chi connectivity index (χ4n) is 1.82. The van der Waals surface area contributed by atoms with Gasteiger partial charge in [0.15, 0.2) is 0 Å². The van der Waals surface area contributed by atoms with E-state index in [1.54, 1.807) is 12.1 Å². The number of rotatable bonds is 4. The summed E-state index contributed by atoms with van der Waals surface area (Å²) in [6.45, 7) is 0. The zero-order valence-corrected chi connectivity index (χ0v) is 12.4. The Balaban J connectivity index is 2.28. The van der Waals surface area contributed by atoms with Crippen molar-refractivity contribution in [1.82, 2.24) is 0 Å². The molecule has 20 heavy (non-hydrogen) atoms. The van der Waals surface area contributed by atoms with E-state index >= 15 is 0 Å². The van der Waals surface area contributed by atoms with Crippen molar-refractivity contribution in [2.75, 3.05) is 12.4 Å². The van der Waals surface area contributed by atoms with Gasteiger partial charge in [-0.05, 0) is 29.8 Å². The summed E-state index contributed by atoms with van der Waals surface area (Å²) in [7, 11) is 1.40. The topological polar surface area (TPSA) is 38.3 Å². The summed E-state index contributed by atoms with van der Waals surface area (Å²) in [6.07, 6.45) is 0. The first-order valence-electron chi connectivity index (χ1n) is 5.94. The van der Waals surface area contributed by atoms with E-state index in [9.17, 15) is 9.18 Å². The van der Waals surface area contributed by atoms with E-state index < -0.39 is 11.7 Å². The minimum atomic E-state index is -0.613. The van der Waals surface area contributed by atoms with E-state index in [-0.39, 0.29) is 11.3 Å². The second-order valence-corrected chi connectivity index (χ2v) is 4.67. The van der Waals surface area contributed by atoms with Gasteiger partial charge in [0.1, 0.15) is 17.1 Å². The molecular formula is C15H13BrFNO2. The largest absolute Gasteiger partial charge is 0.496 e. The number of carbonyl (C=O) groups excluding carboxylic acids is 1. The Hall–Kier alpha value is -1.88. The lowest BCUT2D eigenvalue weighted by atomic mass is 10.1. The van der Waals surface area contributed by atoms with Crippen LogP contribution in [0.25, 0.3) is 0 Å². The molecule has 0 saturated carbocycles. The molecule has 0 saturated heterocycles. The number of benzene rings is 2. The maximum absolute atomic E-state index is 13.8. The summed E-state index contributed by atoms with van der Waals surface area (Å²) >= 11 is 3.34. The van der Waals surface area contributed by atoms with E-state index in [0.29, 0.717) is 11.0 Å². The number of halogens is 2. The van der Waals surface area contributed by atoms with Crippen molar-refractivity contribution in [3.8, 4) is 5.75 Å². The van der Waals surface area contributed by atoms with Gasteiger partial charge in [-0.25, -0.2) is 4.39 Å². The van der Waals surface area contributed by atoms with Crippen LogP contribution in [0.2, 0.25) is 0 Å². The Morgan fingerprint density at radius 3 is 2.75 bits per heavy atom. The summed E-state index contributed by atoms with van der Waals surface area (Å²) in [4.78, 5) is 12.2. The number of alkyl halides is 1. The van der Waals surface area contributed by atoms with Crippen molar-refractivity contribution >= 4 is 27.5 Å². The molecule has 5 heteroatoms. The van der Waals surface area contributed by atoms with Crippen molar-refractivity contribution in [2.45, 2.75) is 5.33 Å². The standard InChI is InChI=1S/C15H13BrFNO2/c1-20-13-7-3-6-12(17)14(13)15(19)18-11-5-2-4-10(8-11)9-16/h2-8H,9H2,1H3,(H,18,19). The van der Waals surface area contributed by atoms with Gasteiger partial charge in [0, 0.05) is 11.0 Å². The van der Waals surface area contributed by atoms with Gasteiger partial charge in [0.2, 0.25) is 0 Å². The predicted octanol–water partition coefficient (Wildman–Crippen LogP) is 3.98. The molecule has 0 aliphatic heterocycles. The van der Waals surface area contributed by atoms with Crippen molar-refractivity contribution in [1.29, 1.82) is 0 Å². The maximum atomic E-state index is 13.8. The first kappa shape index (κ1) is 14.5. The van der Waals surface area contributed by atoms with Crippen LogP contribution in [0.3, 0.4) is 0 Å². The molecule has 0 heterocycles. The average Bonchev–Trinajstić information content (AvgIpc) is 2.46. The highest BCUT2D eigenvalue weighted by atomic mass is 79.9. The molecule has 0 aliphatic carbocycles. The van der Waals surface area contributed by atoms with Gasteiger partial charge in [-0.2, -0.15) is 0 Å². The lowest BCUT2D eigenvalue weighted by Crippen LogP contribution is -2.15. The minimum Gasteiger partial charge on any atom is -0.496 e. The highest BCUT2D eigenvalue weighted by molar-refractivity contribution is 9.08. The quantitative estimate of drug-likeness (QED) is 0.857. The Morgan fingerprint density at radius 1 is 1.30 bits per heavy atom. The molecule has 1 amide bonds. The SMILES string of the molecule is COc1cccc(F)c1C(=O)Nc1cccc(CBr)c1. The smallest absolute Gasteiger partial charge is 0.262 e. The van der Waals surface area contributed by atoms with Crippen molar-refractivity contribution in [3.63, 3.8) is 0 Å². The molecule has 0 bridgehead atoms. The number of carbonyl (C=O) groups is 1. The van der Waals surface area contributed by atoms with Crippen molar-refractivity contribution in [2.24, 2.45) is 0 Å². The zero-order chi connectivity index (χ0) is 14.5. The van der Waals surface area contributed by atoms with Crippen LogP contribution in [0, 0.1) is 5.82 Å². The number of amides is 1.